The van der Waals surface area contributed by atoms with Crippen molar-refractivity contribution in [3.05, 3.63) is 28.8 Å². The minimum Gasteiger partial charge on any atom is -0.481 e. The van der Waals surface area contributed by atoms with Crippen LogP contribution < -0.4 is 0 Å². The van der Waals surface area contributed by atoms with E-state index < -0.39 is 5.97 Å². The summed E-state index contributed by atoms with van der Waals surface area (Å²) in [4.78, 5) is 12.1. The Bertz CT molecular complexity index is 436. The fourth-order valence-electron chi connectivity index (χ4n) is 1.96. The molecular weight excluding hydrogens is 232 g/mol. The fourth-order valence-corrected chi connectivity index (χ4v) is 2.81. The number of hydrogen-bond donors (Lipinski definition) is 1. The zero-order valence-electron chi connectivity index (χ0n) is 11.1. The number of thioether (sulfide) groups is 1. The largest absolute Gasteiger partial charge is 0.481 e. The Balaban J connectivity index is 3.28. The molecule has 0 amide bonds. The first-order valence-corrected chi connectivity index (χ1v) is 6.88. The molecule has 0 fully saturated rings. The number of benzene rings is 1. The average Bonchev–Trinajstić information content (AvgIpc) is 2.19. The minimum atomic E-state index is -0.750. The summed E-state index contributed by atoms with van der Waals surface area (Å²) in [5, 5.41) is 8.99. The van der Waals surface area contributed by atoms with Crippen LogP contribution in [0.1, 0.15) is 37.0 Å². The fraction of sp³-hybridized carbons (Fsp3) is 0.500. The third-order valence-corrected chi connectivity index (χ3v) is 3.92. The maximum Gasteiger partial charge on any atom is 0.304 e. The van der Waals surface area contributed by atoms with E-state index in [4.69, 9.17) is 5.11 Å². The molecule has 0 saturated heterocycles. The summed E-state index contributed by atoms with van der Waals surface area (Å²) >= 11 is 1.68. The topological polar surface area (TPSA) is 37.3 Å². The van der Waals surface area contributed by atoms with Crippen molar-refractivity contribution in [3.63, 3.8) is 0 Å². The number of hydrogen-bond acceptors (Lipinski definition) is 2. The van der Waals surface area contributed by atoms with E-state index in [0.717, 1.165) is 5.56 Å². The summed E-state index contributed by atoms with van der Waals surface area (Å²) < 4.78 is 0. The van der Waals surface area contributed by atoms with Crippen molar-refractivity contribution < 1.29 is 9.90 Å². The molecule has 1 N–H and O–H groups in total. The second-order valence-electron chi connectivity index (χ2n) is 5.09. The Labute approximate surface area is 107 Å². The molecule has 0 spiro atoms. The van der Waals surface area contributed by atoms with E-state index in [2.05, 4.69) is 26.0 Å². The van der Waals surface area contributed by atoms with Gasteiger partial charge in [0.2, 0.25) is 0 Å². The van der Waals surface area contributed by atoms with Gasteiger partial charge in [-0.3, -0.25) is 4.79 Å². The van der Waals surface area contributed by atoms with E-state index in [9.17, 15) is 4.79 Å². The zero-order valence-corrected chi connectivity index (χ0v) is 11.9. The van der Waals surface area contributed by atoms with Gasteiger partial charge in [-0.2, -0.15) is 0 Å². The highest BCUT2D eigenvalue weighted by molar-refractivity contribution is 7.98. The minimum absolute atomic E-state index is 0.156. The summed E-state index contributed by atoms with van der Waals surface area (Å²) in [7, 11) is 0. The summed E-state index contributed by atoms with van der Waals surface area (Å²) in [5.41, 5.74) is 3.28. The SMILES string of the molecule is CSc1cc(C)c(C)cc1C(C)(C)CC(=O)O. The van der Waals surface area contributed by atoms with Crippen molar-refractivity contribution in [1.82, 2.24) is 0 Å². The van der Waals surface area contributed by atoms with Gasteiger partial charge in [-0.25, -0.2) is 0 Å². The van der Waals surface area contributed by atoms with Crippen LogP contribution in [0.15, 0.2) is 17.0 Å². The Morgan fingerprint density at radius 2 is 1.82 bits per heavy atom. The highest BCUT2D eigenvalue weighted by Crippen LogP contribution is 2.35. The molecule has 0 bridgehead atoms. The molecule has 17 heavy (non-hydrogen) atoms. The van der Waals surface area contributed by atoms with Gasteiger partial charge in [0.25, 0.3) is 0 Å². The third kappa shape index (κ3) is 3.25. The van der Waals surface area contributed by atoms with Crippen molar-refractivity contribution in [2.24, 2.45) is 0 Å². The van der Waals surface area contributed by atoms with Gasteiger partial charge in [0.1, 0.15) is 0 Å². The van der Waals surface area contributed by atoms with Crippen LogP contribution in [0.3, 0.4) is 0 Å². The van der Waals surface area contributed by atoms with Crippen molar-refractivity contribution in [1.29, 1.82) is 0 Å². The smallest absolute Gasteiger partial charge is 0.304 e. The number of carbonyl (C=O) groups is 1. The number of carboxylic acid groups (broad SMARTS) is 1. The van der Waals surface area contributed by atoms with Crippen LogP contribution in [0, 0.1) is 13.8 Å². The van der Waals surface area contributed by atoms with Gasteiger partial charge in [-0.05, 0) is 42.9 Å². The molecular formula is C14H20O2S. The molecule has 0 saturated carbocycles. The lowest BCUT2D eigenvalue weighted by atomic mass is 9.80. The predicted octanol–water partition coefficient (Wildman–Crippen LogP) is 3.78. The number of aryl methyl sites for hydroxylation is 2. The summed E-state index contributed by atoms with van der Waals surface area (Å²) in [6.07, 6.45) is 2.19. The second kappa shape index (κ2) is 5.13. The maximum atomic E-state index is 10.9. The van der Waals surface area contributed by atoms with E-state index >= 15 is 0 Å². The molecule has 1 rings (SSSR count). The molecule has 0 aromatic heterocycles. The molecule has 0 heterocycles. The number of aliphatic carboxylic acids is 1. The van der Waals surface area contributed by atoms with Gasteiger partial charge in [-0.1, -0.05) is 19.9 Å². The molecule has 0 radical (unpaired) electrons. The molecule has 1 aromatic carbocycles. The monoisotopic (exact) mass is 252 g/mol. The van der Waals surface area contributed by atoms with Gasteiger partial charge in [0.15, 0.2) is 0 Å². The van der Waals surface area contributed by atoms with Gasteiger partial charge < -0.3 is 5.11 Å². The van der Waals surface area contributed by atoms with Crippen LogP contribution in [0.5, 0.6) is 0 Å². The molecule has 0 aliphatic heterocycles. The highest BCUT2D eigenvalue weighted by atomic mass is 32.2. The third-order valence-electron chi connectivity index (χ3n) is 3.14. The molecule has 3 heteroatoms. The summed E-state index contributed by atoms with van der Waals surface area (Å²) in [5.74, 6) is -0.750. The summed E-state index contributed by atoms with van der Waals surface area (Å²) in [6, 6.07) is 4.28. The number of carboxylic acids is 1. The van der Waals surface area contributed by atoms with Gasteiger partial charge in [-0.15, -0.1) is 11.8 Å². The van der Waals surface area contributed by atoms with Crippen LogP contribution in [-0.4, -0.2) is 17.3 Å². The van der Waals surface area contributed by atoms with Gasteiger partial charge >= 0.3 is 5.97 Å². The first-order chi connectivity index (χ1) is 7.77. The zero-order chi connectivity index (χ0) is 13.2. The molecule has 1 aromatic rings. The van der Waals surface area contributed by atoms with Crippen LogP contribution in [0.2, 0.25) is 0 Å². The summed E-state index contributed by atoms with van der Waals surface area (Å²) in [6.45, 7) is 8.14. The molecule has 0 aliphatic rings. The lowest BCUT2D eigenvalue weighted by Crippen LogP contribution is -2.22. The Morgan fingerprint density at radius 3 is 2.29 bits per heavy atom. The highest BCUT2D eigenvalue weighted by Gasteiger charge is 2.27. The Kier molecular flexibility index (Phi) is 4.26. The Morgan fingerprint density at radius 1 is 1.29 bits per heavy atom. The normalized spacial score (nSPS) is 11.6. The molecule has 2 nitrogen and oxygen atoms in total. The van der Waals surface area contributed by atoms with Crippen molar-refractivity contribution in [2.75, 3.05) is 6.26 Å². The van der Waals surface area contributed by atoms with Crippen LogP contribution >= 0.6 is 11.8 Å². The van der Waals surface area contributed by atoms with E-state index in [-0.39, 0.29) is 11.8 Å². The lowest BCUT2D eigenvalue weighted by Gasteiger charge is -2.26. The quantitative estimate of drug-likeness (QED) is 0.829. The predicted molar refractivity (Wildman–Crippen MR) is 73.0 cm³/mol. The first kappa shape index (κ1) is 14.1. The second-order valence-corrected chi connectivity index (χ2v) is 5.94. The maximum absolute atomic E-state index is 10.9. The van der Waals surface area contributed by atoms with Crippen molar-refractivity contribution in [3.8, 4) is 0 Å². The van der Waals surface area contributed by atoms with E-state index in [0.29, 0.717) is 0 Å². The van der Waals surface area contributed by atoms with Crippen molar-refractivity contribution in [2.45, 2.75) is 44.4 Å². The molecule has 94 valence electrons. The first-order valence-electron chi connectivity index (χ1n) is 5.65. The van der Waals surface area contributed by atoms with E-state index in [1.807, 2.05) is 20.1 Å². The van der Waals surface area contributed by atoms with Crippen LogP contribution in [0.25, 0.3) is 0 Å². The lowest BCUT2D eigenvalue weighted by molar-refractivity contribution is -0.138. The van der Waals surface area contributed by atoms with Gasteiger partial charge in [0.05, 0.1) is 6.42 Å². The van der Waals surface area contributed by atoms with Gasteiger partial charge in [0, 0.05) is 10.3 Å². The molecule has 0 aliphatic carbocycles. The molecule has 0 unspecified atom stereocenters. The standard InChI is InChI=1S/C14H20O2S/c1-9-6-11(12(17-5)7-10(9)2)14(3,4)8-13(15)16/h6-7H,8H2,1-5H3,(H,15,16). The Hall–Kier alpha value is -0.960. The van der Waals surface area contributed by atoms with E-state index in [1.165, 1.54) is 16.0 Å². The van der Waals surface area contributed by atoms with Crippen LogP contribution in [-0.2, 0) is 10.2 Å². The van der Waals surface area contributed by atoms with Crippen LogP contribution in [0.4, 0.5) is 0 Å². The number of rotatable bonds is 4. The van der Waals surface area contributed by atoms with Crippen molar-refractivity contribution >= 4 is 17.7 Å². The molecule has 0 atom stereocenters. The average molecular weight is 252 g/mol. The van der Waals surface area contributed by atoms with E-state index in [1.54, 1.807) is 11.8 Å².